The largest absolute Gasteiger partial charge is 0.488 e. The smallest absolute Gasteiger partial charge is 0.324 e. The number of aromatic nitrogens is 1. The molecule has 3 amide bonds. The molecule has 8 nitrogen and oxygen atoms in total. The summed E-state index contributed by atoms with van der Waals surface area (Å²) < 4.78 is 11.0. The normalized spacial score (nSPS) is 11.7. The van der Waals surface area contributed by atoms with Gasteiger partial charge in [0.2, 0.25) is 0 Å². The van der Waals surface area contributed by atoms with Crippen LogP contribution in [0.4, 0.5) is 16.3 Å². The third-order valence-electron chi connectivity index (χ3n) is 3.96. The molecule has 0 saturated heterocycles. The van der Waals surface area contributed by atoms with Crippen LogP contribution < -0.4 is 21.1 Å². The third-order valence-corrected chi connectivity index (χ3v) is 3.96. The van der Waals surface area contributed by atoms with E-state index in [0.29, 0.717) is 22.8 Å². The number of hydrogen-bond acceptors (Lipinski definition) is 5. The summed E-state index contributed by atoms with van der Waals surface area (Å²) in [6, 6.07) is 13.3. The molecule has 0 fully saturated rings. The number of benzene rings is 2. The van der Waals surface area contributed by atoms with Crippen LogP contribution in [0.1, 0.15) is 15.9 Å². The molecule has 1 aliphatic heterocycles. The summed E-state index contributed by atoms with van der Waals surface area (Å²) in [7, 11) is 0. The molecule has 4 rings (SSSR count). The van der Waals surface area contributed by atoms with Gasteiger partial charge in [-0.25, -0.2) is 4.79 Å². The first kappa shape index (κ1) is 15.7. The first-order chi connectivity index (χ1) is 12.6. The molecule has 0 bridgehead atoms. The average molecular weight is 350 g/mol. The molecule has 0 saturated carbocycles. The van der Waals surface area contributed by atoms with Crippen molar-refractivity contribution in [3.63, 3.8) is 0 Å². The third kappa shape index (κ3) is 2.73. The van der Waals surface area contributed by atoms with Crippen molar-refractivity contribution < 1.29 is 18.8 Å². The zero-order valence-corrected chi connectivity index (χ0v) is 13.5. The van der Waals surface area contributed by atoms with E-state index in [-0.39, 0.29) is 18.0 Å². The number of nitrogens with zero attached hydrogens (tertiary/aromatic N) is 1. The summed E-state index contributed by atoms with van der Waals surface area (Å²) in [5, 5.41) is 9.11. The van der Waals surface area contributed by atoms with Crippen molar-refractivity contribution in [2.24, 2.45) is 5.73 Å². The van der Waals surface area contributed by atoms with Gasteiger partial charge >= 0.3 is 6.03 Å². The predicted molar refractivity (Wildman–Crippen MR) is 93.9 cm³/mol. The summed E-state index contributed by atoms with van der Waals surface area (Å²) >= 11 is 0. The summed E-state index contributed by atoms with van der Waals surface area (Å²) in [5.41, 5.74) is 7.23. The fourth-order valence-corrected chi connectivity index (χ4v) is 2.75. The molecule has 26 heavy (non-hydrogen) atoms. The lowest BCUT2D eigenvalue weighted by Crippen LogP contribution is -2.23. The molecule has 2 heterocycles. The molecule has 0 aliphatic carbocycles. The number of nitrogens with two attached hydrogens (primary N) is 1. The van der Waals surface area contributed by atoms with Crippen molar-refractivity contribution in [2.45, 2.75) is 6.61 Å². The Kier molecular flexibility index (Phi) is 3.77. The van der Waals surface area contributed by atoms with Gasteiger partial charge in [0.15, 0.2) is 11.6 Å². The lowest BCUT2D eigenvalue weighted by Gasteiger charge is -2.16. The first-order valence-corrected chi connectivity index (χ1v) is 7.81. The number of carbonyl (C=O) groups excluding carboxylic acids is 2. The molecule has 0 unspecified atom stereocenters. The van der Waals surface area contributed by atoms with Crippen LogP contribution >= 0.6 is 0 Å². The van der Waals surface area contributed by atoms with Crippen LogP contribution in [0.25, 0.3) is 11.3 Å². The molecule has 130 valence electrons. The molecule has 0 spiro atoms. The zero-order valence-electron chi connectivity index (χ0n) is 13.5. The van der Waals surface area contributed by atoms with Gasteiger partial charge in [0, 0.05) is 0 Å². The minimum atomic E-state index is -0.635. The molecule has 2 aromatic carbocycles. The highest BCUT2D eigenvalue weighted by Crippen LogP contribution is 2.40. The van der Waals surface area contributed by atoms with E-state index in [1.165, 1.54) is 6.07 Å². The second kappa shape index (κ2) is 6.25. The Bertz CT molecular complexity index is 1010. The number of ether oxygens (including phenoxy) is 1. The first-order valence-electron chi connectivity index (χ1n) is 7.81. The Morgan fingerprint density at radius 3 is 2.65 bits per heavy atom. The van der Waals surface area contributed by atoms with Gasteiger partial charge in [-0.15, -0.1) is 0 Å². The molecular weight excluding hydrogens is 336 g/mol. The van der Waals surface area contributed by atoms with Crippen molar-refractivity contribution in [1.29, 1.82) is 0 Å². The maximum atomic E-state index is 12.3. The van der Waals surface area contributed by atoms with Gasteiger partial charge in [0.1, 0.15) is 12.4 Å². The molecule has 0 atom stereocenters. The van der Waals surface area contributed by atoms with Gasteiger partial charge < -0.3 is 20.3 Å². The lowest BCUT2D eigenvalue weighted by molar-refractivity contribution is 0.100. The molecule has 1 aromatic heterocycles. The number of carbonyl (C=O) groups is 2. The van der Waals surface area contributed by atoms with Crippen molar-refractivity contribution in [3.8, 4) is 17.1 Å². The number of para-hydroxylation sites is 2. The maximum Gasteiger partial charge on any atom is 0.324 e. The van der Waals surface area contributed by atoms with E-state index in [0.717, 1.165) is 5.56 Å². The van der Waals surface area contributed by atoms with Crippen LogP contribution in [0.15, 0.2) is 53.1 Å². The Morgan fingerprint density at radius 2 is 1.81 bits per heavy atom. The number of rotatable bonds is 3. The maximum absolute atomic E-state index is 12.3. The number of fused-ring (bicyclic) bond motifs is 3. The number of urea groups is 1. The predicted octanol–water partition coefficient (Wildman–Crippen LogP) is 2.98. The van der Waals surface area contributed by atoms with E-state index < -0.39 is 11.9 Å². The molecular formula is C18H14N4O4. The molecule has 8 heteroatoms. The van der Waals surface area contributed by atoms with E-state index in [2.05, 4.69) is 15.8 Å². The number of anilines is 2. The number of amides is 3. The zero-order chi connectivity index (χ0) is 18.1. The lowest BCUT2D eigenvalue weighted by atomic mass is 10.1. The molecule has 1 aliphatic rings. The molecule has 0 radical (unpaired) electrons. The fraction of sp³-hybridized carbons (Fsp3) is 0.0556. The van der Waals surface area contributed by atoms with Crippen LogP contribution in [0.5, 0.6) is 5.75 Å². The van der Waals surface area contributed by atoms with Crippen molar-refractivity contribution in [2.75, 3.05) is 10.6 Å². The summed E-state index contributed by atoms with van der Waals surface area (Å²) in [6.45, 7) is 0.226. The Morgan fingerprint density at radius 1 is 1.04 bits per heavy atom. The standard InChI is InChI=1S/C18H14N4O4/c19-16(23)10-5-1-3-7-13(10)20-18(24)21-17-12-9-25-14-8-4-2-6-11(14)15(12)26-22-17/h1-8H,9H2,(H2,19,23)(H2,20,21,22,24). The second-order valence-corrected chi connectivity index (χ2v) is 5.61. The highest BCUT2D eigenvalue weighted by molar-refractivity contribution is 6.06. The van der Waals surface area contributed by atoms with E-state index in [4.69, 9.17) is 15.0 Å². The van der Waals surface area contributed by atoms with Crippen molar-refractivity contribution in [3.05, 3.63) is 59.7 Å². The number of nitrogens with one attached hydrogen (secondary N) is 2. The van der Waals surface area contributed by atoms with E-state index >= 15 is 0 Å². The summed E-state index contributed by atoms with van der Waals surface area (Å²) in [5.74, 6) is 0.871. The fourth-order valence-electron chi connectivity index (χ4n) is 2.75. The average Bonchev–Trinajstić information content (AvgIpc) is 3.05. The van der Waals surface area contributed by atoms with Crippen LogP contribution in [0.2, 0.25) is 0 Å². The van der Waals surface area contributed by atoms with E-state index in [1.807, 2.05) is 24.3 Å². The topological polar surface area (TPSA) is 119 Å². The Labute approximate surface area is 147 Å². The van der Waals surface area contributed by atoms with E-state index in [9.17, 15) is 9.59 Å². The molecule has 3 aromatic rings. The van der Waals surface area contributed by atoms with Gasteiger partial charge in [0.05, 0.1) is 22.4 Å². The van der Waals surface area contributed by atoms with Crippen molar-refractivity contribution in [1.82, 2.24) is 5.16 Å². The van der Waals surface area contributed by atoms with E-state index in [1.54, 1.807) is 18.2 Å². The number of primary amides is 1. The van der Waals surface area contributed by atoms with Crippen LogP contribution in [0, 0.1) is 0 Å². The van der Waals surface area contributed by atoms with Crippen LogP contribution in [0.3, 0.4) is 0 Å². The van der Waals surface area contributed by atoms with Gasteiger partial charge in [-0.3, -0.25) is 10.1 Å². The summed E-state index contributed by atoms with van der Waals surface area (Å²) in [6.07, 6.45) is 0. The van der Waals surface area contributed by atoms with Crippen LogP contribution in [-0.2, 0) is 6.61 Å². The minimum Gasteiger partial charge on any atom is -0.488 e. The van der Waals surface area contributed by atoms with Gasteiger partial charge in [0.25, 0.3) is 5.91 Å². The van der Waals surface area contributed by atoms with Crippen molar-refractivity contribution >= 4 is 23.4 Å². The van der Waals surface area contributed by atoms with Gasteiger partial charge in [-0.2, -0.15) is 0 Å². The van der Waals surface area contributed by atoms with Gasteiger partial charge in [-0.05, 0) is 24.3 Å². The Hall–Kier alpha value is -3.81. The monoisotopic (exact) mass is 350 g/mol. The minimum absolute atomic E-state index is 0.210. The SMILES string of the molecule is NC(=O)c1ccccc1NC(=O)Nc1noc2c1COc1ccccc1-2. The number of hydrogen-bond donors (Lipinski definition) is 3. The second-order valence-electron chi connectivity index (χ2n) is 5.61. The highest BCUT2D eigenvalue weighted by Gasteiger charge is 2.26. The van der Waals surface area contributed by atoms with Gasteiger partial charge in [-0.1, -0.05) is 29.4 Å². The van der Waals surface area contributed by atoms with Crippen LogP contribution in [-0.4, -0.2) is 17.1 Å². The summed E-state index contributed by atoms with van der Waals surface area (Å²) in [4.78, 5) is 23.7. The molecule has 4 N–H and O–H groups in total. The Balaban J connectivity index is 1.56. The quantitative estimate of drug-likeness (QED) is 0.671. The highest BCUT2D eigenvalue weighted by atomic mass is 16.5.